The number of piperidine rings is 1. The van der Waals surface area contributed by atoms with Gasteiger partial charge in [0.1, 0.15) is 5.54 Å². The highest BCUT2D eigenvalue weighted by Gasteiger charge is 2.33. The molecule has 0 bridgehead atoms. The minimum atomic E-state index is -0.791. The van der Waals surface area contributed by atoms with E-state index in [4.69, 9.17) is 0 Å². The first-order valence-electron chi connectivity index (χ1n) is 7.10. The third-order valence-electron chi connectivity index (χ3n) is 4.39. The van der Waals surface area contributed by atoms with E-state index in [9.17, 15) is 9.90 Å². The van der Waals surface area contributed by atoms with E-state index in [0.717, 1.165) is 25.6 Å². The molecule has 106 valence electrons. The second-order valence-corrected chi connectivity index (χ2v) is 5.96. The lowest BCUT2D eigenvalue weighted by Gasteiger charge is -2.37. The average molecular weight is 256 g/mol. The summed E-state index contributed by atoms with van der Waals surface area (Å²) in [6, 6.07) is 0. The molecule has 4 nitrogen and oxygen atoms in total. The van der Waals surface area contributed by atoms with E-state index in [-0.39, 0.29) is 0 Å². The first kappa shape index (κ1) is 15.4. The molecule has 1 aliphatic heterocycles. The first-order chi connectivity index (χ1) is 8.39. The Morgan fingerprint density at radius 1 is 1.44 bits per heavy atom. The van der Waals surface area contributed by atoms with Gasteiger partial charge in [0.15, 0.2) is 0 Å². The van der Waals surface area contributed by atoms with Gasteiger partial charge in [0.05, 0.1) is 0 Å². The second-order valence-electron chi connectivity index (χ2n) is 5.96. The highest BCUT2D eigenvalue weighted by atomic mass is 16.4. The summed E-state index contributed by atoms with van der Waals surface area (Å²) in [4.78, 5) is 13.7. The van der Waals surface area contributed by atoms with Crippen molar-refractivity contribution in [3.8, 4) is 0 Å². The summed E-state index contributed by atoms with van der Waals surface area (Å²) in [5.74, 6) is 0.762. The summed E-state index contributed by atoms with van der Waals surface area (Å²) in [6.45, 7) is 12.1. The average Bonchev–Trinajstić information content (AvgIpc) is 2.31. The molecule has 1 aliphatic rings. The van der Waals surface area contributed by atoms with Crippen molar-refractivity contribution in [1.29, 1.82) is 0 Å². The van der Waals surface area contributed by atoms with Gasteiger partial charge >= 0.3 is 5.97 Å². The Kier molecular flexibility index (Phi) is 5.60. The summed E-state index contributed by atoms with van der Waals surface area (Å²) < 4.78 is 0. The Morgan fingerprint density at radius 3 is 2.61 bits per heavy atom. The molecule has 0 aromatic carbocycles. The molecular weight excluding hydrogens is 228 g/mol. The lowest BCUT2D eigenvalue weighted by molar-refractivity contribution is -0.144. The maximum absolute atomic E-state index is 11.3. The Labute approximate surface area is 111 Å². The molecule has 4 heteroatoms. The Hall–Kier alpha value is -0.610. The SMILES string of the molecule is CCNC(C)(CCN1CCC(C)C(C)C1)C(=O)O. The van der Waals surface area contributed by atoms with E-state index in [2.05, 4.69) is 24.1 Å². The van der Waals surface area contributed by atoms with Crippen molar-refractivity contribution in [2.75, 3.05) is 26.2 Å². The molecule has 18 heavy (non-hydrogen) atoms. The van der Waals surface area contributed by atoms with Crippen LogP contribution in [-0.4, -0.2) is 47.7 Å². The van der Waals surface area contributed by atoms with Crippen LogP contribution in [0.3, 0.4) is 0 Å². The van der Waals surface area contributed by atoms with Crippen LogP contribution in [0.4, 0.5) is 0 Å². The highest BCUT2D eigenvalue weighted by Crippen LogP contribution is 2.23. The minimum absolute atomic E-state index is 0.664. The van der Waals surface area contributed by atoms with Gasteiger partial charge < -0.3 is 15.3 Å². The van der Waals surface area contributed by atoms with Crippen LogP contribution in [0.1, 0.15) is 40.5 Å². The standard InChI is InChI=1S/C14H28N2O2/c1-5-15-14(4,13(17)18)7-9-16-8-6-11(2)12(3)10-16/h11-12,15H,5-10H2,1-4H3,(H,17,18). The number of likely N-dealkylation sites (tertiary alicyclic amines) is 1. The van der Waals surface area contributed by atoms with Gasteiger partial charge in [-0.25, -0.2) is 0 Å². The van der Waals surface area contributed by atoms with E-state index in [1.54, 1.807) is 6.92 Å². The summed E-state index contributed by atoms with van der Waals surface area (Å²) in [6.07, 6.45) is 1.89. The fourth-order valence-electron chi connectivity index (χ4n) is 2.60. The van der Waals surface area contributed by atoms with Crippen LogP contribution in [-0.2, 0) is 4.79 Å². The molecule has 1 fully saturated rings. The number of aliphatic carboxylic acids is 1. The van der Waals surface area contributed by atoms with Crippen molar-refractivity contribution in [2.24, 2.45) is 11.8 Å². The Bertz CT molecular complexity index is 283. The number of carbonyl (C=O) groups is 1. The molecule has 1 heterocycles. The number of likely N-dealkylation sites (N-methyl/N-ethyl adjacent to an activating group) is 1. The van der Waals surface area contributed by atoms with Gasteiger partial charge in [0.25, 0.3) is 0 Å². The smallest absolute Gasteiger partial charge is 0.323 e. The summed E-state index contributed by atoms with van der Waals surface area (Å²) >= 11 is 0. The minimum Gasteiger partial charge on any atom is -0.480 e. The van der Waals surface area contributed by atoms with Crippen molar-refractivity contribution in [2.45, 2.75) is 46.1 Å². The van der Waals surface area contributed by atoms with Crippen LogP contribution in [0.25, 0.3) is 0 Å². The second kappa shape index (κ2) is 6.53. The lowest BCUT2D eigenvalue weighted by Crippen LogP contribution is -2.52. The van der Waals surface area contributed by atoms with Crippen molar-refractivity contribution in [1.82, 2.24) is 10.2 Å². The molecule has 0 aromatic heterocycles. The van der Waals surface area contributed by atoms with Crippen LogP contribution in [0.2, 0.25) is 0 Å². The molecule has 0 aromatic rings. The van der Waals surface area contributed by atoms with Crippen molar-refractivity contribution >= 4 is 5.97 Å². The number of rotatable bonds is 6. The van der Waals surface area contributed by atoms with Gasteiger partial charge in [-0.15, -0.1) is 0 Å². The Morgan fingerprint density at radius 2 is 2.11 bits per heavy atom. The molecule has 1 saturated heterocycles. The Balaban J connectivity index is 2.45. The quantitative estimate of drug-likeness (QED) is 0.761. The largest absolute Gasteiger partial charge is 0.480 e. The number of nitrogens with zero attached hydrogens (tertiary/aromatic N) is 1. The van der Waals surface area contributed by atoms with Crippen LogP contribution in [0.15, 0.2) is 0 Å². The molecule has 0 radical (unpaired) electrons. The fourth-order valence-corrected chi connectivity index (χ4v) is 2.60. The predicted octanol–water partition coefficient (Wildman–Crippen LogP) is 1.81. The molecule has 3 atom stereocenters. The molecule has 0 aliphatic carbocycles. The molecule has 0 saturated carbocycles. The maximum Gasteiger partial charge on any atom is 0.323 e. The van der Waals surface area contributed by atoms with Gasteiger partial charge in [-0.3, -0.25) is 4.79 Å². The topological polar surface area (TPSA) is 52.6 Å². The van der Waals surface area contributed by atoms with Gasteiger partial charge in [0, 0.05) is 13.1 Å². The van der Waals surface area contributed by atoms with E-state index in [1.165, 1.54) is 6.42 Å². The third-order valence-corrected chi connectivity index (χ3v) is 4.39. The van der Waals surface area contributed by atoms with E-state index in [1.807, 2.05) is 6.92 Å². The molecule has 3 unspecified atom stereocenters. The number of hydrogen-bond donors (Lipinski definition) is 2. The summed E-state index contributed by atoms with van der Waals surface area (Å²) in [5, 5.41) is 12.4. The van der Waals surface area contributed by atoms with E-state index in [0.29, 0.717) is 18.9 Å². The monoisotopic (exact) mass is 256 g/mol. The number of hydrogen-bond acceptors (Lipinski definition) is 3. The van der Waals surface area contributed by atoms with Crippen LogP contribution < -0.4 is 5.32 Å². The van der Waals surface area contributed by atoms with Gasteiger partial charge in [0.2, 0.25) is 0 Å². The zero-order chi connectivity index (χ0) is 13.8. The normalized spacial score (nSPS) is 28.9. The van der Waals surface area contributed by atoms with E-state index < -0.39 is 11.5 Å². The lowest BCUT2D eigenvalue weighted by atomic mass is 9.88. The van der Waals surface area contributed by atoms with E-state index >= 15 is 0 Å². The maximum atomic E-state index is 11.3. The summed E-state index contributed by atoms with van der Waals surface area (Å²) in [5.41, 5.74) is -0.791. The number of carboxylic acids is 1. The zero-order valence-corrected chi connectivity index (χ0v) is 12.2. The van der Waals surface area contributed by atoms with Crippen molar-refractivity contribution < 1.29 is 9.90 Å². The molecule has 1 rings (SSSR count). The first-order valence-corrected chi connectivity index (χ1v) is 7.10. The van der Waals surface area contributed by atoms with Crippen LogP contribution in [0, 0.1) is 11.8 Å². The molecule has 0 amide bonds. The number of nitrogens with one attached hydrogen (secondary N) is 1. The van der Waals surface area contributed by atoms with Crippen molar-refractivity contribution in [3.63, 3.8) is 0 Å². The molecular formula is C14H28N2O2. The number of carboxylic acid groups (broad SMARTS) is 1. The van der Waals surface area contributed by atoms with Gasteiger partial charge in [-0.05, 0) is 44.7 Å². The molecule has 0 spiro atoms. The highest BCUT2D eigenvalue weighted by molar-refractivity contribution is 5.78. The van der Waals surface area contributed by atoms with Gasteiger partial charge in [-0.1, -0.05) is 20.8 Å². The zero-order valence-electron chi connectivity index (χ0n) is 12.2. The summed E-state index contributed by atoms with van der Waals surface area (Å²) in [7, 11) is 0. The van der Waals surface area contributed by atoms with Crippen LogP contribution in [0.5, 0.6) is 0 Å². The molecule has 2 N–H and O–H groups in total. The predicted molar refractivity (Wildman–Crippen MR) is 73.7 cm³/mol. The van der Waals surface area contributed by atoms with Crippen molar-refractivity contribution in [3.05, 3.63) is 0 Å². The fraction of sp³-hybridized carbons (Fsp3) is 0.929. The third kappa shape index (κ3) is 3.95. The van der Waals surface area contributed by atoms with Crippen LogP contribution >= 0.6 is 0 Å². The van der Waals surface area contributed by atoms with Gasteiger partial charge in [-0.2, -0.15) is 0 Å².